The summed E-state index contributed by atoms with van der Waals surface area (Å²) >= 11 is 2.06. The van der Waals surface area contributed by atoms with E-state index in [4.69, 9.17) is 5.73 Å². The van der Waals surface area contributed by atoms with Gasteiger partial charge in [0.25, 0.3) is 0 Å². The Morgan fingerprint density at radius 3 is 2.63 bits per heavy atom. The molecule has 0 bridgehead atoms. The average Bonchev–Trinajstić information content (AvgIpc) is 2.41. The van der Waals surface area contributed by atoms with Crippen molar-refractivity contribution in [1.82, 2.24) is 9.97 Å². The summed E-state index contributed by atoms with van der Waals surface area (Å²) in [7, 11) is 0. The maximum absolute atomic E-state index is 5.97. The van der Waals surface area contributed by atoms with E-state index in [1.807, 2.05) is 6.92 Å². The number of rotatable bonds is 4. The van der Waals surface area contributed by atoms with E-state index in [-0.39, 0.29) is 0 Å². The van der Waals surface area contributed by atoms with Crippen LogP contribution in [-0.2, 0) is 0 Å². The fourth-order valence-corrected chi connectivity index (χ4v) is 3.38. The minimum absolute atomic E-state index is 0.300. The summed E-state index contributed by atoms with van der Waals surface area (Å²) in [5.41, 5.74) is 6.94. The van der Waals surface area contributed by atoms with Crippen molar-refractivity contribution in [3.8, 4) is 0 Å². The molecule has 0 spiro atoms. The maximum atomic E-state index is 5.97. The van der Waals surface area contributed by atoms with Crippen LogP contribution in [0, 0.1) is 12.8 Å². The second-order valence-electron chi connectivity index (χ2n) is 5.53. The Bertz CT molecular complexity index is 428. The first kappa shape index (κ1) is 14.4. The van der Waals surface area contributed by atoms with Gasteiger partial charge >= 0.3 is 0 Å². The zero-order valence-corrected chi connectivity index (χ0v) is 12.9. The quantitative estimate of drug-likeness (QED) is 0.887. The molecule has 1 aromatic heterocycles. The van der Waals surface area contributed by atoms with Gasteiger partial charge in [-0.2, -0.15) is 11.8 Å². The third-order valence-electron chi connectivity index (χ3n) is 3.62. The van der Waals surface area contributed by atoms with Gasteiger partial charge in [0.1, 0.15) is 17.5 Å². The third kappa shape index (κ3) is 3.75. The van der Waals surface area contributed by atoms with Gasteiger partial charge in [-0.05, 0) is 37.2 Å². The lowest BCUT2D eigenvalue weighted by molar-refractivity contribution is 0.515. The molecule has 1 aromatic rings. The molecule has 5 heteroatoms. The zero-order chi connectivity index (χ0) is 13.8. The first-order chi connectivity index (χ1) is 9.08. The summed E-state index contributed by atoms with van der Waals surface area (Å²) < 4.78 is 0. The molecule has 0 amide bonds. The summed E-state index contributed by atoms with van der Waals surface area (Å²) in [5.74, 6) is 5.97. The molecule has 19 heavy (non-hydrogen) atoms. The summed E-state index contributed by atoms with van der Waals surface area (Å²) in [4.78, 5) is 8.96. The van der Waals surface area contributed by atoms with Crippen LogP contribution in [0.2, 0.25) is 0 Å². The van der Waals surface area contributed by atoms with Crippen LogP contribution in [0.15, 0.2) is 0 Å². The van der Waals surface area contributed by atoms with Gasteiger partial charge in [-0.1, -0.05) is 13.8 Å². The fraction of sp³-hybridized carbons (Fsp3) is 0.714. The Labute approximate surface area is 120 Å². The number of nitrogens with one attached hydrogen (secondary N) is 1. The number of hydrogen-bond donors (Lipinski definition) is 2. The van der Waals surface area contributed by atoms with Crippen molar-refractivity contribution in [2.24, 2.45) is 5.92 Å². The molecule has 1 saturated heterocycles. The van der Waals surface area contributed by atoms with Gasteiger partial charge in [-0.3, -0.25) is 0 Å². The molecule has 0 radical (unpaired) electrons. The minimum atomic E-state index is 0.300. The number of aromatic nitrogens is 2. The van der Waals surface area contributed by atoms with Crippen LogP contribution in [0.4, 0.5) is 11.6 Å². The maximum Gasteiger partial charge on any atom is 0.135 e. The van der Waals surface area contributed by atoms with Gasteiger partial charge in [0.15, 0.2) is 0 Å². The summed E-state index contributed by atoms with van der Waals surface area (Å²) in [6, 6.07) is 0. The van der Waals surface area contributed by atoms with E-state index in [9.17, 15) is 0 Å². The van der Waals surface area contributed by atoms with Crippen molar-refractivity contribution in [2.45, 2.75) is 39.5 Å². The molecule has 0 unspecified atom stereocenters. The Balaban J connectivity index is 2.05. The third-order valence-corrected chi connectivity index (χ3v) is 4.66. The molecular formula is C14H24N4S. The topological polar surface area (TPSA) is 63.8 Å². The normalized spacial score (nSPS) is 16.8. The number of thioether (sulfide) groups is 1. The van der Waals surface area contributed by atoms with Gasteiger partial charge in [0.2, 0.25) is 0 Å². The molecule has 106 valence electrons. The van der Waals surface area contributed by atoms with Crippen LogP contribution >= 0.6 is 11.8 Å². The van der Waals surface area contributed by atoms with Crippen molar-refractivity contribution in [3.63, 3.8) is 0 Å². The first-order valence-corrected chi connectivity index (χ1v) is 8.19. The van der Waals surface area contributed by atoms with Crippen LogP contribution in [-0.4, -0.2) is 28.0 Å². The molecule has 1 fully saturated rings. The molecule has 0 aliphatic carbocycles. The molecular weight excluding hydrogens is 256 g/mol. The fourth-order valence-electron chi connectivity index (χ4n) is 2.17. The Hall–Kier alpha value is -0.970. The van der Waals surface area contributed by atoms with E-state index in [1.165, 1.54) is 24.3 Å². The molecule has 2 heterocycles. The Morgan fingerprint density at radius 1 is 1.32 bits per heavy atom. The monoisotopic (exact) mass is 280 g/mol. The SMILES string of the molecule is Cc1c(N)nc(C(C)C)nc1NCC1CCSCC1. The van der Waals surface area contributed by atoms with E-state index in [0.29, 0.717) is 11.7 Å². The van der Waals surface area contributed by atoms with Gasteiger partial charge in [-0.15, -0.1) is 0 Å². The number of hydrogen-bond acceptors (Lipinski definition) is 5. The number of nitrogens with two attached hydrogens (primary N) is 1. The van der Waals surface area contributed by atoms with Gasteiger partial charge < -0.3 is 11.1 Å². The predicted octanol–water partition coefficient (Wildman–Crippen LogP) is 3.05. The number of nitrogen functional groups attached to an aromatic ring is 1. The lowest BCUT2D eigenvalue weighted by atomic mass is 10.0. The number of anilines is 2. The minimum Gasteiger partial charge on any atom is -0.383 e. The van der Waals surface area contributed by atoms with Gasteiger partial charge in [0.05, 0.1) is 0 Å². The number of nitrogens with zero attached hydrogens (tertiary/aromatic N) is 2. The van der Waals surface area contributed by atoms with Crippen LogP contribution in [0.3, 0.4) is 0 Å². The first-order valence-electron chi connectivity index (χ1n) is 7.03. The smallest absolute Gasteiger partial charge is 0.135 e. The van der Waals surface area contributed by atoms with Crippen molar-refractivity contribution < 1.29 is 0 Å². The summed E-state index contributed by atoms with van der Waals surface area (Å²) in [6.07, 6.45) is 2.60. The highest BCUT2D eigenvalue weighted by atomic mass is 32.2. The molecule has 0 saturated carbocycles. The lowest BCUT2D eigenvalue weighted by Gasteiger charge is -2.22. The van der Waals surface area contributed by atoms with Crippen molar-refractivity contribution in [3.05, 3.63) is 11.4 Å². The second-order valence-corrected chi connectivity index (χ2v) is 6.76. The highest BCUT2D eigenvalue weighted by Gasteiger charge is 2.15. The predicted molar refractivity (Wildman–Crippen MR) is 83.8 cm³/mol. The average molecular weight is 280 g/mol. The van der Waals surface area contributed by atoms with E-state index in [1.54, 1.807) is 0 Å². The van der Waals surface area contributed by atoms with E-state index in [2.05, 4.69) is 40.9 Å². The van der Waals surface area contributed by atoms with E-state index < -0.39 is 0 Å². The van der Waals surface area contributed by atoms with Crippen molar-refractivity contribution >= 4 is 23.4 Å². The van der Waals surface area contributed by atoms with E-state index >= 15 is 0 Å². The van der Waals surface area contributed by atoms with Crippen molar-refractivity contribution in [2.75, 3.05) is 29.1 Å². The van der Waals surface area contributed by atoms with Gasteiger partial charge in [0, 0.05) is 18.0 Å². The van der Waals surface area contributed by atoms with Crippen LogP contribution < -0.4 is 11.1 Å². The molecule has 4 nitrogen and oxygen atoms in total. The highest BCUT2D eigenvalue weighted by molar-refractivity contribution is 7.99. The lowest BCUT2D eigenvalue weighted by Crippen LogP contribution is -2.21. The molecule has 3 N–H and O–H groups in total. The standard InChI is InChI=1S/C14H24N4S/c1-9(2)13-17-12(15)10(3)14(18-13)16-8-11-4-6-19-7-5-11/h9,11H,4-8H2,1-3H3,(H3,15,16,17,18). The second kappa shape index (κ2) is 6.46. The molecule has 2 rings (SSSR count). The molecule has 0 aromatic carbocycles. The summed E-state index contributed by atoms with van der Waals surface area (Å²) in [6.45, 7) is 7.16. The Morgan fingerprint density at radius 2 is 2.00 bits per heavy atom. The Kier molecular flexibility index (Phi) is 4.91. The summed E-state index contributed by atoms with van der Waals surface area (Å²) in [5, 5.41) is 3.48. The zero-order valence-electron chi connectivity index (χ0n) is 12.1. The van der Waals surface area contributed by atoms with Crippen LogP contribution in [0.1, 0.15) is 44.0 Å². The molecule has 0 atom stereocenters. The van der Waals surface area contributed by atoms with E-state index in [0.717, 1.165) is 29.7 Å². The van der Waals surface area contributed by atoms with Crippen molar-refractivity contribution in [1.29, 1.82) is 0 Å². The van der Waals surface area contributed by atoms with Crippen LogP contribution in [0.5, 0.6) is 0 Å². The molecule has 1 aliphatic heterocycles. The highest BCUT2D eigenvalue weighted by Crippen LogP contribution is 2.25. The van der Waals surface area contributed by atoms with Gasteiger partial charge in [-0.25, -0.2) is 9.97 Å². The van der Waals surface area contributed by atoms with Crippen LogP contribution in [0.25, 0.3) is 0 Å². The largest absolute Gasteiger partial charge is 0.383 e. The molecule has 1 aliphatic rings.